The number of hydrogen-bond donors (Lipinski definition) is 6. The minimum atomic E-state index is 0.0999. The first-order valence-corrected chi connectivity index (χ1v) is 13.7. The van der Waals surface area contributed by atoms with Crippen molar-refractivity contribution in [2.75, 3.05) is 53.0 Å². The fourth-order valence-electron chi connectivity index (χ4n) is 6.85. The van der Waals surface area contributed by atoms with Crippen LogP contribution in [0.5, 0.6) is 0 Å². The van der Waals surface area contributed by atoms with E-state index in [0.717, 1.165) is 44.8 Å². The Morgan fingerprint density at radius 3 is 2.65 bits per heavy atom. The molecule has 34 heavy (non-hydrogen) atoms. The number of piperazine rings is 1. The first-order valence-electron chi connectivity index (χ1n) is 13.7. The molecule has 6 unspecified atom stereocenters. The van der Waals surface area contributed by atoms with Crippen LogP contribution in [0.25, 0.3) is 0 Å². The predicted octanol–water partition coefficient (Wildman–Crippen LogP) is -0.187. The minimum Gasteiger partial charge on any atom is -0.395 e. The SMILES string of the molecule is COC1CCC(C2CNC3C(NC4CCC(C(=O)NCCNCCO)C(C)C4)NCCN23)CC1. The predicted molar refractivity (Wildman–Crippen MR) is 133 cm³/mol. The molecular formula is C25H48N6O3. The molecule has 2 heterocycles. The molecule has 4 rings (SSSR count). The van der Waals surface area contributed by atoms with Crippen molar-refractivity contribution in [2.45, 2.75) is 82.4 Å². The van der Waals surface area contributed by atoms with Crippen LogP contribution < -0.4 is 26.6 Å². The fourth-order valence-corrected chi connectivity index (χ4v) is 6.85. The van der Waals surface area contributed by atoms with Gasteiger partial charge in [0.1, 0.15) is 0 Å². The van der Waals surface area contributed by atoms with Crippen LogP contribution in [0.15, 0.2) is 0 Å². The molecule has 196 valence electrons. The quantitative estimate of drug-likeness (QED) is 0.239. The van der Waals surface area contributed by atoms with E-state index < -0.39 is 0 Å². The molecule has 1 amide bonds. The second-order valence-electron chi connectivity index (χ2n) is 10.9. The third-order valence-corrected chi connectivity index (χ3v) is 8.78. The summed E-state index contributed by atoms with van der Waals surface area (Å²) < 4.78 is 5.59. The van der Waals surface area contributed by atoms with Crippen molar-refractivity contribution in [3.05, 3.63) is 0 Å². The third kappa shape index (κ3) is 6.49. The highest BCUT2D eigenvalue weighted by molar-refractivity contribution is 5.79. The number of ether oxygens (including phenoxy) is 1. The van der Waals surface area contributed by atoms with E-state index in [9.17, 15) is 4.79 Å². The molecule has 0 radical (unpaired) electrons. The van der Waals surface area contributed by atoms with Gasteiger partial charge in [-0.2, -0.15) is 0 Å². The summed E-state index contributed by atoms with van der Waals surface area (Å²) >= 11 is 0. The van der Waals surface area contributed by atoms with Gasteiger partial charge in [0.15, 0.2) is 0 Å². The number of aliphatic hydroxyl groups excluding tert-OH is 1. The summed E-state index contributed by atoms with van der Waals surface area (Å²) in [4.78, 5) is 15.4. The Morgan fingerprint density at radius 2 is 1.91 bits per heavy atom. The van der Waals surface area contributed by atoms with E-state index >= 15 is 0 Å². The number of carbonyl (C=O) groups excluding carboxylic acids is 1. The van der Waals surface area contributed by atoms with Gasteiger partial charge in [0.25, 0.3) is 0 Å². The van der Waals surface area contributed by atoms with Crippen molar-refractivity contribution in [1.82, 2.24) is 31.5 Å². The van der Waals surface area contributed by atoms with Crippen LogP contribution in [0, 0.1) is 17.8 Å². The summed E-state index contributed by atoms with van der Waals surface area (Å²) in [5, 5.41) is 26.5. The highest BCUT2D eigenvalue weighted by atomic mass is 16.5. The van der Waals surface area contributed by atoms with Gasteiger partial charge >= 0.3 is 0 Å². The van der Waals surface area contributed by atoms with Gasteiger partial charge < -0.3 is 20.5 Å². The molecule has 0 aromatic carbocycles. The maximum atomic E-state index is 12.7. The first kappa shape index (κ1) is 26.3. The Labute approximate surface area is 205 Å². The average Bonchev–Trinajstić information content (AvgIpc) is 3.29. The Morgan fingerprint density at radius 1 is 1.09 bits per heavy atom. The number of nitrogens with zero attached hydrogens (tertiary/aromatic N) is 1. The summed E-state index contributed by atoms with van der Waals surface area (Å²) in [5.41, 5.74) is 0. The maximum absolute atomic E-state index is 12.7. The summed E-state index contributed by atoms with van der Waals surface area (Å²) in [6, 6.07) is 1.08. The maximum Gasteiger partial charge on any atom is 0.223 e. The van der Waals surface area contributed by atoms with Crippen molar-refractivity contribution in [1.29, 1.82) is 0 Å². The number of hydrogen-bond acceptors (Lipinski definition) is 8. The van der Waals surface area contributed by atoms with Crippen LogP contribution in [0.4, 0.5) is 0 Å². The van der Waals surface area contributed by atoms with Crippen LogP contribution in [0.1, 0.15) is 51.9 Å². The van der Waals surface area contributed by atoms with Crippen molar-refractivity contribution in [3.8, 4) is 0 Å². The summed E-state index contributed by atoms with van der Waals surface area (Å²) in [5.74, 6) is 1.43. The molecule has 4 aliphatic rings. The lowest BCUT2D eigenvalue weighted by Gasteiger charge is -2.45. The van der Waals surface area contributed by atoms with Crippen LogP contribution >= 0.6 is 0 Å². The van der Waals surface area contributed by atoms with Gasteiger partial charge in [-0.05, 0) is 56.8 Å². The second-order valence-corrected chi connectivity index (χ2v) is 10.9. The zero-order valence-electron chi connectivity index (χ0n) is 21.2. The number of aliphatic hydroxyl groups is 1. The molecule has 2 saturated heterocycles. The molecule has 6 N–H and O–H groups in total. The molecule has 0 spiro atoms. The molecule has 9 heteroatoms. The molecule has 6 atom stereocenters. The molecule has 0 bridgehead atoms. The Kier molecular flexibility index (Phi) is 10.00. The van der Waals surface area contributed by atoms with E-state index in [1.807, 2.05) is 7.11 Å². The zero-order valence-corrected chi connectivity index (χ0v) is 21.2. The average molecular weight is 481 g/mol. The minimum absolute atomic E-state index is 0.0999. The Hall–Kier alpha value is -0.810. The third-order valence-electron chi connectivity index (χ3n) is 8.78. The van der Waals surface area contributed by atoms with Gasteiger partial charge in [-0.15, -0.1) is 0 Å². The van der Waals surface area contributed by atoms with E-state index in [-0.39, 0.29) is 24.6 Å². The van der Waals surface area contributed by atoms with Crippen LogP contribution in [-0.2, 0) is 9.53 Å². The normalized spacial score (nSPS) is 39.0. The summed E-state index contributed by atoms with van der Waals surface area (Å²) in [6.07, 6.45) is 9.04. The molecule has 9 nitrogen and oxygen atoms in total. The van der Waals surface area contributed by atoms with E-state index in [0.29, 0.717) is 49.9 Å². The summed E-state index contributed by atoms with van der Waals surface area (Å²) in [6.45, 7) is 7.46. The lowest BCUT2D eigenvalue weighted by atomic mass is 9.77. The molecule has 2 aliphatic carbocycles. The fraction of sp³-hybridized carbons (Fsp3) is 0.960. The number of fused-ring (bicyclic) bond motifs is 1. The van der Waals surface area contributed by atoms with Gasteiger partial charge in [0.05, 0.1) is 25.0 Å². The molecule has 4 fully saturated rings. The van der Waals surface area contributed by atoms with Gasteiger partial charge in [-0.3, -0.25) is 25.6 Å². The number of amides is 1. The topological polar surface area (TPSA) is 110 Å². The Balaban J connectivity index is 1.22. The lowest BCUT2D eigenvalue weighted by molar-refractivity contribution is -0.127. The largest absolute Gasteiger partial charge is 0.395 e. The van der Waals surface area contributed by atoms with Crippen LogP contribution in [-0.4, -0.2) is 99.4 Å². The lowest BCUT2D eigenvalue weighted by Crippen LogP contribution is -2.67. The number of rotatable bonds is 10. The van der Waals surface area contributed by atoms with E-state index in [2.05, 4.69) is 38.4 Å². The van der Waals surface area contributed by atoms with Gasteiger partial charge in [-0.1, -0.05) is 6.92 Å². The summed E-state index contributed by atoms with van der Waals surface area (Å²) in [7, 11) is 1.85. The van der Waals surface area contributed by atoms with Crippen molar-refractivity contribution < 1.29 is 14.6 Å². The van der Waals surface area contributed by atoms with Crippen molar-refractivity contribution in [3.63, 3.8) is 0 Å². The molecule has 0 aromatic heterocycles. The molecule has 0 aromatic rings. The number of methoxy groups -OCH3 is 1. The molecule has 2 saturated carbocycles. The zero-order chi connectivity index (χ0) is 23.9. The van der Waals surface area contributed by atoms with Crippen molar-refractivity contribution >= 4 is 5.91 Å². The van der Waals surface area contributed by atoms with Crippen LogP contribution in [0.2, 0.25) is 0 Å². The van der Waals surface area contributed by atoms with E-state index in [1.165, 1.54) is 25.7 Å². The van der Waals surface area contributed by atoms with Crippen LogP contribution in [0.3, 0.4) is 0 Å². The van der Waals surface area contributed by atoms with Gasteiger partial charge in [0, 0.05) is 64.4 Å². The van der Waals surface area contributed by atoms with Crippen molar-refractivity contribution in [2.24, 2.45) is 17.8 Å². The number of nitrogens with one attached hydrogen (secondary N) is 5. The monoisotopic (exact) mass is 480 g/mol. The molecular weight excluding hydrogens is 432 g/mol. The standard InChI is InChI=1S/C25H48N6O3/c1-17-15-19(5-8-21(17)25(33)28-10-9-26-12-14-32)30-23-24-29-16-22(31(24)13-11-27-23)18-3-6-20(34-2)7-4-18/h17-24,26-27,29-30,32H,3-16H2,1-2H3,(H,28,33). The van der Waals surface area contributed by atoms with Gasteiger partial charge in [-0.25, -0.2) is 0 Å². The Bertz CT molecular complexity index is 632. The van der Waals surface area contributed by atoms with E-state index in [4.69, 9.17) is 9.84 Å². The highest BCUT2D eigenvalue weighted by Crippen LogP contribution is 2.34. The first-order chi connectivity index (χ1) is 16.6. The second kappa shape index (κ2) is 12.9. The smallest absolute Gasteiger partial charge is 0.223 e. The molecule has 2 aliphatic heterocycles. The highest BCUT2D eigenvalue weighted by Gasteiger charge is 2.44. The number of carbonyl (C=O) groups is 1. The van der Waals surface area contributed by atoms with E-state index in [1.54, 1.807) is 0 Å². The van der Waals surface area contributed by atoms with Gasteiger partial charge in [0.2, 0.25) is 5.91 Å².